The monoisotopic (exact) mass is 332 g/mol. The zero-order valence-corrected chi connectivity index (χ0v) is 11.3. The van der Waals surface area contributed by atoms with Crippen LogP contribution in [0.4, 0.5) is 8.78 Å². The molecular weight excluding hydrogens is 322 g/mol. The number of aliphatic hydroxyl groups is 1. The first-order valence-electron chi connectivity index (χ1n) is 5.56. The number of aliphatic hydroxyl groups excluding tert-OH is 1. The van der Waals surface area contributed by atoms with E-state index in [4.69, 9.17) is 9.63 Å². The van der Waals surface area contributed by atoms with Crippen LogP contribution in [-0.4, -0.2) is 27.8 Å². The Morgan fingerprint density at radius 2 is 1.95 bits per heavy atom. The lowest BCUT2D eigenvalue weighted by molar-refractivity contribution is -0.00754. The van der Waals surface area contributed by atoms with Crippen LogP contribution in [0, 0.1) is 0 Å². The van der Waals surface area contributed by atoms with E-state index in [0.717, 1.165) is 10.0 Å². The molecule has 1 unspecified atom stereocenters. The third kappa shape index (κ3) is 4.07. The summed E-state index contributed by atoms with van der Waals surface area (Å²) in [4.78, 5) is 3.97. The molecule has 1 aromatic heterocycles. The zero-order valence-electron chi connectivity index (χ0n) is 9.76. The fraction of sp³-hybridized carbons (Fsp3) is 0.333. The summed E-state index contributed by atoms with van der Waals surface area (Å²) in [5.41, 5.74) is 0.977. The van der Waals surface area contributed by atoms with Gasteiger partial charge in [-0.25, -0.2) is 8.78 Å². The lowest BCUT2D eigenvalue weighted by Crippen LogP contribution is -2.20. The summed E-state index contributed by atoms with van der Waals surface area (Å²) < 4.78 is 30.1. The number of aromatic nitrogens is 2. The minimum Gasteiger partial charge on any atom is -0.387 e. The summed E-state index contributed by atoms with van der Waals surface area (Å²) >= 11 is 3.33. The van der Waals surface area contributed by atoms with Crippen molar-refractivity contribution in [1.29, 1.82) is 0 Å². The Bertz CT molecular complexity index is 531. The molecule has 0 fully saturated rings. The Kier molecular flexibility index (Phi) is 4.60. The second kappa shape index (κ2) is 6.21. The van der Waals surface area contributed by atoms with Crippen molar-refractivity contribution in [3.63, 3.8) is 0 Å². The molecule has 7 heteroatoms. The minimum absolute atomic E-state index is 0.0138. The van der Waals surface area contributed by atoms with Crippen LogP contribution in [0.5, 0.6) is 0 Å². The number of rotatable bonds is 5. The van der Waals surface area contributed by atoms with Gasteiger partial charge in [-0.3, -0.25) is 0 Å². The average Bonchev–Trinajstić information content (AvgIpc) is 2.79. The molecule has 0 bridgehead atoms. The minimum atomic E-state index is -2.82. The van der Waals surface area contributed by atoms with Gasteiger partial charge in [-0.2, -0.15) is 4.98 Å². The quantitative estimate of drug-likeness (QED) is 0.914. The Morgan fingerprint density at radius 3 is 2.58 bits per heavy atom. The van der Waals surface area contributed by atoms with Crippen LogP contribution in [0.2, 0.25) is 0 Å². The predicted octanol–water partition coefficient (Wildman–Crippen LogP) is 2.59. The molecule has 2 aromatic rings. The molecule has 0 radical (unpaired) electrons. The van der Waals surface area contributed by atoms with Gasteiger partial charge in [-0.15, -0.1) is 0 Å². The van der Waals surface area contributed by atoms with Crippen LogP contribution in [0.3, 0.4) is 0 Å². The second-order valence-corrected chi connectivity index (χ2v) is 4.93. The van der Waals surface area contributed by atoms with Crippen molar-refractivity contribution in [3.8, 4) is 0 Å². The fourth-order valence-corrected chi connectivity index (χ4v) is 1.76. The molecule has 0 aliphatic rings. The molecule has 102 valence electrons. The first-order valence-corrected chi connectivity index (χ1v) is 6.36. The Morgan fingerprint density at radius 1 is 1.26 bits per heavy atom. The Labute approximate surface area is 116 Å². The topological polar surface area (TPSA) is 59.2 Å². The molecule has 1 N–H and O–H groups in total. The molecule has 0 aliphatic carbocycles. The first kappa shape index (κ1) is 14.1. The third-order valence-electron chi connectivity index (χ3n) is 2.46. The van der Waals surface area contributed by atoms with Gasteiger partial charge < -0.3 is 9.63 Å². The van der Waals surface area contributed by atoms with Gasteiger partial charge in [0.15, 0.2) is 5.82 Å². The molecule has 2 rings (SSSR count). The molecule has 0 saturated heterocycles. The maximum atomic E-state index is 12.2. The normalized spacial score (nSPS) is 12.9. The van der Waals surface area contributed by atoms with E-state index in [1.54, 1.807) is 0 Å². The van der Waals surface area contributed by atoms with E-state index >= 15 is 0 Å². The summed E-state index contributed by atoms with van der Waals surface area (Å²) in [5, 5.41) is 12.7. The van der Waals surface area contributed by atoms with Gasteiger partial charge in [0.2, 0.25) is 5.89 Å². The molecule has 0 aliphatic heterocycles. The average molecular weight is 333 g/mol. The van der Waals surface area contributed by atoms with Gasteiger partial charge in [0.05, 0.1) is 6.42 Å². The highest BCUT2D eigenvalue weighted by molar-refractivity contribution is 9.10. The van der Waals surface area contributed by atoms with Crippen LogP contribution in [0.25, 0.3) is 0 Å². The van der Waals surface area contributed by atoms with E-state index in [-0.39, 0.29) is 12.3 Å². The van der Waals surface area contributed by atoms with Gasteiger partial charge in [-0.1, -0.05) is 33.2 Å². The zero-order chi connectivity index (χ0) is 13.8. The number of hydrogen-bond acceptors (Lipinski definition) is 4. The van der Waals surface area contributed by atoms with Crippen molar-refractivity contribution < 1.29 is 18.4 Å². The van der Waals surface area contributed by atoms with Crippen molar-refractivity contribution in [2.45, 2.75) is 25.4 Å². The highest BCUT2D eigenvalue weighted by atomic mass is 79.9. The number of nitrogens with zero attached hydrogens (tertiary/aromatic N) is 2. The van der Waals surface area contributed by atoms with Crippen molar-refractivity contribution in [3.05, 3.63) is 46.0 Å². The summed E-state index contributed by atoms with van der Waals surface area (Å²) in [6, 6.07) is 7.57. The first-order chi connectivity index (χ1) is 9.04. The number of alkyl halides is 2. The van der Waals surface area contributed by atoms with E-state index in [1.807, 2.05) is 24.3 Å². The second-order valence-electron chi connectivity index (χ2n) is 4.01. The van der Waals surface area contributed by atoms with Crippen LogP contribution in [0.1, 0.15) is 17.3 Å². The molecule has 0 amide bonds. The summed E-state index contributed by atoms with van der Waals surface area (Å²) in [6.45, 7) is 0. The van der Waals surface area contributed by atoms with Gasteiger partial charge in [0.25, 0.3) is 6.43 Å². The molecule has 0 saturated carbocycles. The van der Waals surface area contributed by atoms with E-state index in [2.05, 4.69) is 26.1 Å². The largest absolute Gasteiger partial charge is 0.387 e. The Balaban J connectivity index is 1.99. The molecule has 19 heavy (non-hydrogen) atoms. The molecule has 4 nitrogen and oxygen atoms in total. The van der Waals surface area contributed by atoms with Crippen LogP contribution < -0.4 is 0 Å². The number of hydrogen-bond donors (Lipinski definition) is 1. The SMILES string of the molecule is OC(Cc1nc(Cc2ccc(Br)cc2)no1)C(F)F. The predicted molar refractivity (Wildman–Crippen MR) is 67.0 cm³/mol. The van der Waals surface area contributed by atoms with Crippen LogP contribution in [-0.2, 0) is 12.8 Å². The van der Waals surface area contributed by atoms with Gasteiger partial charge in [0, 0.05) is 10.9 Å². The lowest BCUT2D eigenvalue weighted by atomic mass is 10.1. The van der Waals surface area contributed by atoms with Gasteiger partial charge >= 0.3 is 0 Å². The van der Waals surface area contributed by atoms with Crippen molar-refractivity contribution in [1.82, 2.24) is 10.1 Å². The highest BCUT2D eigenvalue weighted by Gasteiger charge is 2.20. The van der Waals surface area contributed by atoms with Crippen molar-refractivity contribution in [2.75, 3.05) is 0 Å². The van der Waals surface area contributed by atoms with Crippen molar-refractivity contribution in [2.24, 2.45) is 0 Å². The molecular formula is C12H11BrF2N2O2. The lowest BCUT2D eigenvalue weighted by Gasteiger charge is -2.04. The summed E-state index contributed by atoms with van der Waals surface area (Å²) in [5.74, 6) is 0.415. The maximum absolute atomic E-state index is 12.2. The maximum Gasteiger partial charge on any atom is 0.264 e. The summed E-state index contributed by atoms with van der Waals surface area (Å²) in [6.07, 6.45) is -4.49. The number of benzene rings is 1. The van der Waals surface area contributed by atoms with E-state index in [1.165, 1.54) is 0 Å². The number of halogens is 3. The Hall–Kier alpha value is -1.34. The van der Waals surface area contributed by atoms with E-state index in [0.29, 0.717) is 12.2 Å². The molecule has 1 aromatic carbocycles. The van der Waals surface area contributed by atoms with Crippen LogP contribution in [0.15, 0.2) is 33.3 Å². The van der Waals surface area contributed by atoms with Crippen LogP contribution >= 0.6 is 15.9 Å². The third-order valence-corrected chi connectivity index (χ3v) is 2.99. The van der Waals surface area contributed by atoms with E-state index in [9.17, 15) is 8.78 Å². The molecule has 1 heterocycles. The molecule has 0 spiro atoms. The smallest absolute Gasteiger partial charge is 0.264 e. The standard InChI is InChI=1S/C12H11BrF2N2O2/c13-8-3-1-7(2-4-8)5-10-16-11(19-17-10)6-9(18)12(14)15/h1-4,9,12,18H,5-6H2. The van der Waals surface area contributed by atoms with Gasteiger partial charge in [0.1, 0.15) is 6.10 Å². The molecule has 1 atom stereocenters. The van der Waals surface area contributed by atoms with Crippen molar-refractivity contribution >= 4 is 15.9 Å². The van der Waals surface area contributed by atoms with E-state index < -0.39 is 12.5 Å². The van der Waals surface area contributed by atoms with Gasteiger partial charge in [-0.05, 0) is 17.7 Å². The summed E-state index contributed by atoms with van der Waals surface area (Å²) in [7, 11) is 0. The fourth-order valence-electron chi connectivity index (χ4n) is 1.50. The highest BCUT2D eigenvalue weighted by Crippen LogP contribution is 2.14.